The standard InChI is InChI=1S/C46H51NO14/c1-25-32(59-44(56)40(53)38(28-15-9-6-10-16-28)47-42(54)29-17-11-7-12-18-29)22-33(60-43(55)30-19-13-8-14-20-30)37-35(31(51)21-34-46(37,24-57-34)61-27(3)50)39(52)41(58-26(2)49)36(25)45(4,5)23-48/h6-20,31-35,37-38,40-41,48,51,53H,21-24H2,1-5H3,(H,47,54)/t31-,32-,33+,34+,35?,37-,38-,40+,41+,46-/m0/s1. The summed E-state index contributed by atoms with van der Waals surface area (Å²) in [6.45, 7) is 6.01. The molecule has 2 fully saturated rings. The van der Waals surface area contributed by atoms with Gasteiger partial charge in [-0.2, -0.15) is 0 Å². The number of ketones is 1. The van der Waals surface area contributed by atoms with Gasteiger partial charge in [-0.25, -0.2) is 9.59 Å². The lowest BCUT2D eigenvalue weighted by atomic mass is 9.59. The number of Topliss-reactive ketones (excluding diaryl/α,β-unsaturated/α-hetero) is 1. The molecule has 0 aromatic heterocycles. The van der Waals surface area contributed by atoms with Gasteiger partial charge in [0.05, 0.1) is 42.8 Å². The Morgan fingerprint density at radius 1 is 0.852 bits per heavy atom. The highest BCUT2D eigenvalue weighted by atomic mass is 16.6. The van der Waals surface area contributed by atoms with E-state index in [1.165, 1.54) is 19.1 Å². The molecule has 3 aliphatic rings. The summed E-state index contributed by atoms with van der Waals surface area (Å²) in [5, 5.41) is 37.2. The van der Waals surface area contributed by atoms with Crippen molar-refractivity contribution in [3.05, 3.63) is 119 Å². The van der Waals surface area contributed by atoms with Gasteiger partial charge in [0.25, 0.3) is 5.91 Å². The van der Waals surface area contributed by atoms with E-state index in [2.05, 4.69) is 5.32 Å². The van der Waals surface area contributed by atoms with Gasteiger partial charge in [-0.15, -0.1) is 0 Å². The van der Waals surface area contributed by atoms with Crippen LogP contribution in [0.25, 0.3) is 0 Å². The number of nitrogens with one attached hydrogen (secondary N) is 1. The van der Waals surface area contributed by atoms with E-state index in [1.54, 1.807) is 92.7 Å². The molecule has 2 aliphatic carbocycles. The maximum absolute atomic E-state index is 15.2. The molecule has 1 saturated carbocycles. The van der Waals surface area contributed by atoms with E-state index in [0.29, 0.717) is 5.56 Å². The van der Waals surface area contributed by atoms with Crippen LogP contribution in [0.4, 0.5) is 0 Å². The van der Waals surface area contributed by atoms with Crippen LogP contribution in [0.15, 0.2) is 102 Å². The number of hydrogen-bond acceptors (Lipinski definition) is 14. The minimum absolute atomic E-state index is 0.0222. The summed E-state index contributed by atoms with van der Waals surface area (Å²) in [4.78, 5) is 82.9. The molecule has 15 heteroatoms. The summed E-state index contributed by atoms with van der Waals surface area (Å²) in [6.07, 6.45) is -9.98. The Kier molecular flexibility index (Phi) is 13.6. The molecule has 1 saturated heterocycles. The van der Waals surface area contributed by atoms with Crippen LogP contribution >= 0.6 is 0 Å². The van der Waals surface area contributed by atoms with Crippen LogP contribution in [0, 0.1) is 17.3 Å². The number of amides is 1. The number of carbonyl (C=O) groups is 6. The van der Waals surface area contributed by atoms with Crippen molar-refractivity contribution in [1.29, 1.82) is 0 Å². The number of benzene rings is 3. The molecule has 1 heterocycles. The maximum Gasteiger partial charge on any atom is 0.338 e. The first-order chi connectivity index (χ1) is 29.0. The Balaban J connectivity index is 1.52. The Bertz CT molecular complexity index is 2140. The molecular formula is C46H51NO14. The van der Waals surface area contributed by atoms with Gasteiger partial charge < -0.3 is 44.3 Å². The van der Waals surface area contributed by atoms with E-state index >= 15 is 4.79 Å². The van der Waals surface area contributed by atoms with Crippen LogP contribution in [-0.4, -0.2) is 106 Å². The van der Waals surface area contributed by atoms with Crippen LogP contribution in [0.2, 0.25) is 0 Å². The molecule has 1 amide bonds. The lowest BCUT2D eigenvalue weighted by Gasteiger charge is -2.59. The molecule has 61 heavy (non-hydrogen) atoms. The quantitative estimate of drug-likeness (QED) is 0.116. The molecule has 3 aromatic carbocycles. The maximum atomic E-state index is 15.2. The third-order valence-corrected chi connectivity index (χ3v) is 11.8. The summed E-state index contributed by atoms with van der Waals surface area (Å²) in [7, 11) is 0. The fraction of sp³-hybridized carbons (Fsp3) is 0.435. The van der Waals surface area contributed by atoms with Crippen LogP contribution in [-0.2, 0) is 42.9 Å². The molecule has 15 nitrogen and oxygen atoms in total. The zero-order chi connectivity index (χ0) is 44.2. The number of ether oxygens (including phenoxy) is 5. The lowest BCUT2D eigenvalue weighted by molar-refractivity contribution is -0.316. The number of rotatable bonds is 12. The fourth-order valence-corrected chi connectivity index (χ4v) is 8.89. The van der Waals surface area contributed by atoms with E-state index in [0.717, 1.165) is 13.8 Å². The predicted octanol–water partition coefficient (Wildman–Crippen LogP) is 3.59. The van der Waals surface area contributed by atoms with Gasteiger partial charge in [0.15, 0.2) is 23.6 Å². The van der Waals surface area contributed by atoms with Crippen molar-refractivity contribution in [2.45, 2.75) is 95.7 Å². The van der Waals surface area contributed by atoms with E-state index in [-0.39, 0.29) is 35.3 Å². The van der Waals surface area contributed by atoms with Crippen LogP contribution in [0.1, 0.15) is 79.8 Å². The number of fused-ring (bicyclic) bond motifs is 3. The minimum Gasteiger partial charge on any atom is -0.458 e. The van der Waals surface area contributed by atoms with Gasteiger partial charge in [0, 0.05) is 37.7 Å². The van der Waals surface area contributed by atoms with Gasteiger partial charge in [-0.05, 0) is 47.9 Å². The molecule has 0 radical (unpaired) electrons. The number of aliphatic hydroxyl groups is 3. The SMILES string of the molecule is CC(=O)O[C@H]1C(=O)C2[C@H]([C@H](OC(=O)c3ccccc3)C[C@H](OC(=O)[C@H](O)[C@@H](NC(=O)c3ccccc3)c3ccccc3)C(C)=C1C(C)(C)CO)[C@]1(OC(C)=O)CO[C@@H]1C[C@@H]2O. The molecule has 4 N–H and O–H groups in total. The highest BCUT2D eigenvalue weighted by molar-refractivity contribution is 5.95. The van der Waals surface area contributed by atoms with Crippen LogP contribution in [0.5, 0.6) is 0 Å². The Labute approximate surface area is 353 Å². The van der Waals surface area contributed by atoms with Gasteiger partial charge in [-0.3, -0.25) is 19.2 Å². The second-order valence-corrected chi connectivity index (χ2v) is 16.4. The topological polar surface area (TPSA) is 221 Å². The zero-order valence-corrected chi connectivity index (χ0v) is 34.5. The summed E-state index contributed by atoms with van der Waals surface area (Å²) in [5.74, 6) is -8.12. The van der Waals surface area contributed by atoms with E-state index < -0.39 is 114 Å². The van der Waals surface area contributed by atoms with Crippen molar-refractivity contribution < 1.29 is 67.8 Å². The first-order valence-corrected chi connectivity index (χ1v) is 20.1. The van der Waals surface area contributed by atoms with E-state index in [4.69, 9.17) is 23.7 Å². The van der Waals surface area contributed by atoms with Crippen LogP contribution in [0.3, 0.4) is 0 Å². The van der Waals surface area contributed by atoms with E-state index in [1.807, 2.05) is 0 Å². The number of carbonyl (C=O) groups excluding carboxylic acids is 6. The van der Waals surface area contributed by atoms with Crippen molar-refractivity contribution >= 4 is 35.6 Å². The fourth-order valence-electron chi connectivity index (χ4n) is 8.89. The smallest absolute Gasteiger partial charge is 0.338 e. The van der Waals surface area contributed by atoms with Crippen molar-refractivity contribution in [1.82, 2.24) is 5.32 Å². The average molecular weight is 842 g/mol. The molecule has 0 spiro atoms. The van der Waals surface area contributed by atoms with Gasteiger partial charge in [-0.1, -0.05) is 80.6 Å². The third kappa shape index (κ3) is 9.30. The molecule has 1 aliphatic heterocycles. The van der Waals surface area contributed by atoms with Crippen LogP contribution < -0.4 is 5.32 Å². The molecule has 0 bridgehead atoms. The molecule has 10 atom stereocenters. The molecule has 1 unspecified atom stereocenters. The monoisotopic (exact) mass is 841 g/mol. The second kappa shape index (κ2) is 18.5. The summed E-state index contributed by atoms with van der Waals surface area (Å²) in [6, 6.07) is 23.0. The van der Waals surface area contributed by atoms with Crippen molar-refractivity contribution in [2.24, 2.45) is 17.3 Å². The van der Waals surface area contributed by atoms with E-state index in [9.17, 15) is 39.3 Å². The Morgan fingerprint density at radius 3 is 1.98 bits per heavy atom. The number of esters is 4. The van der Waals surface area contributed by atoms with Gasteiger partial charge in [0.1, 0.15) is 18.3 Å². The average Bonchev–Trinajstić information content (AvgIpc) is 3.26. The second-order valence-electron chi connectivity index (χ2n) is 16.4. The lowest BCUT2D eigenvalue weighted by Crippen LogP contribution is -2.74. The first kappa shape index (κ1) is 44.8. The largest absolute Gasteiger partial charge is 0.458 e. The summed E-state index contributed by atoms with van der Waals surface area (Å²) >= 11 is 0. The highest BCUT2D eigenvalue weighted by Gasteiger charge is 2.69. The number of aliphatic hydroxyl groups excluding tert-OH is 3. The Hall–Kier alpha value is -5.74. The highest BCUT2D eigenvalue weighted by Crippen LogP contribution is 2.53. The molecule has 3 aromatic rings. The summed E-state index contributed by atoms with van der Waals surface area (Å²) < 4.78 is 30.1. The molecule has 324 valence electrons. The van der Waals surface area contributed by atoms with Gasteiger partial charge >= 0.3 is 23.9 Å². The molecule has 6 rings (SSSR count). The Morgan fingerprint density at radius 2 is 1.44 bits per heavy atom. The van der Waals surface area contributed by atoms with Crippen molar-refractivity contribution in [2.75, 3.05) is 13.2 Å². The van der Waals surface area contributed by atoms with Crippen molar-refractivity contribution in [3.8, 4) is 0 Å². The normalized spacial score (nSPS) is 27.2. The van der Waals surface area contributed by atoms with Crippen molar-refractivity contribution in [3.63, 3.8) is 0 Å². The predicted molar refractivity (Wildman–Crippen MR) is 215 cm³/mol. The third-order valence-electron chi connectivity index (χ3n) is 11.8. The number of hydrogen-bond donors (Lipinski definition) is 4. The van der Waals surface area contributed by atoms with Gasteiger partial charge in [0.2, 0.25) is 0 Å². The summed E-state index contributed by atoms with van der Waals surface area (Å²) in [5.41, 5.74) is -2.19. The minimum atomic E-state index is -2.05. The molecular weight excluding hydrogens is 790 g/mol. The first-order valence-electron chi connectivity index (χ1n) is 20.1. The zero-order valence-electron chi connectivity index (χ0n) is 34.5.